The quantitative estimate of drug-likeness (QED) is 0.319. The molecule has 2 unspecified atom stereocenters. The van der Waals surface area contributed by atoms with E-state index < -0.39 is 4.92 Å². The maximum Gasteiger partial charge on any atom is 0.269 e. The normalized spacial score (nSPS) is 18.1. The molecule has 3 aromatic rings. The third-order valence-electron chi connectivity index (χ3n) is 6.70. The van der Waals surface area contributed by atoms with Crippen molar-refractivity contribution in [2.75, 3.05) is 19.6 Å². The Morgan fingerprint density at radius 1 is 1.03 bits per heavy atom. The molecule has 1 saturated heterocycles. The van der Waals surface area contributed by atoms with Crippen LogP contribution in [0.3, 0.4) is 0 Å². The van der Waals surface area contributed by atoms with Gasteiger partial charge in [0.05, 0.1) is 4.92 Å². The smallest absolute Gasteiger partial charge is 0.269 e. The van der Waals surface area contributed by atoms with E-state index in [2.05, 4.69) is 4.90 Å². The van der Waals surface area contributed by atoms with Crippen molar-refractivity contribution in [1.29, 1.82) is 0 Å². The maximum atomic E-state index is 13.6. The van der Waals surface area contributed by atoms with Crippen LogP contribution < -0.4 is 0 Å². The van der Waals surface area contributed by atoms with E-state index in [9.17, 15) is 19.3 Å². The van der Waals surface area contributed by atoms with E-state index in [1.54, 1.807) is 12.1 Å². The molecule has 0 bridgehead atoms. The van der Waals surface area contributed by atoms with E-state index in [0.29, 0.717) is 18.7 Å². The number of hydrogen-bond donors (Lipinski definition) is 0. The summed E-state index contributed by atoms with van der Waals surface area (Å²) in [7, 11) is 0. The Hall–Kier alpha value is -3.58. The largest absolute Gasteiger partial charge is 0.336 e. The van der Waals surface area contributed by atoms with Gasteiger partial charge in [0.25, 0.3) is 11.6 Å². The van der Waals surface area contributed by atoms with Crippen molar-refractivity contribution in [2.24, 2.45) is 5.92 Å². The standard InChI is InChI=1S/C28H30FN3O3/c1-20(2)31(28(33)23-6-4-3-5-7-23)18-24-17-30(16-21-8-14-26(15-9-21)32(34)35)19-27(24)22-10-12-25(29)13-11-22/h3-15,20,24,27H,16-19H2,1-2H3. The van der Waals surface area contributed by atoms with E-state index in [1.807, 2.05) is 61.2 Å². The minimum Gasteiger partial charge on any atom is -0.336 e. The summed E-state index contributed by atoms with van der Waals surface area (Å²) in [5, 5.41) is 11.0. The Bertz CT molecular complexity index is 1150. The molecule has 35 heavy (non-hydrogen) atoms. The van der Waals surface area contributed by atoms with Crippen molar-refractivity contribution in [3.8, 4) is 0 Å². The average molecular weight is 476 g/mol. The molecule has 0 aliphatic carbocycles. The van der Waals surface area contributed by atoms with Gasteiger partial charge in [0.15, 0.2) is 0 Å². The number of nitro benzene ring substituents is 1. The zero-order valence-electron chi connectivity index (χ0n) is 20.0. The molecule has 182 valence electrons. The van der Waals surface area contributed by atoms with E-state index in [0.717, 1.165) is 24.2 Å². The first-order valence-corrected chi connectivity index (χ1v) is 11.9. The summed E-state index contributed by atoms with van der Waals surface area (Å²) >= 11 is 0. The van der Waals surface area contributed by atoms with Gasteiger partial charge < -0.3 is 4.90 Å². The molecule has 1 heterocycles. The van der Waals surface area contributed by atoms with Gasteiger partial charge in [-0.15, -0.1) is 0 Å². The molecule has 4 rings (SSSR count). The summed E-state index contributed by atoms with van der Waals surface area (Å²) in [6, 6.07) is 22.6. The number of nitrogens with zero attached hydrogens (tertiary/aromatic N) is 3. The van der Waals surface area contributed by atoms with Crippen LogP contribution in [-0.2, 0) is 6.54 Å². The second-order valence-corrected chi connectivity index (χ2v) is 9.45. The van der Waals surface area contributed by atoms with Crippen molar-refractivity contribution in [1.82, 2.24) is 9.80 Å². The molecule has 3 aromatic carbocycles. The highest BCUT2D eigenvalue weighted by molar-refractivity contribution is 5.94. The van der Waals surface area contributed by atoms with E-state index >= 15 is 0 Å². The number of non-ortho nitro benzene ring substituents is 1. The van der Waals surface area contributed by atoms with E-state index in [4.69, 9.17) is 0 Å². The second-order valence-electron chi connectivity index (χ2n) is 9.45. The second kappa shape index (κ2) is 10.8. The fourth-order valence-corrected chi connectivity index (χ4v) is 4.87. The van der Waals surface area contributed by atoms with Gasteiger partial charge in [-0.25, -0.2) is 4.39 Å². The molecule has 0 spiro atoms. The van der Waals surface area contributed by atoms with Crippen LogP contribution in [0.4, 0.5) is 10.1 Å². The van der Waals surface area contributed by atoms with Crippen LogP contribution in [0.5, 0.6) is 0 Å². The van der Waals surface area contributed by atoms with Crippen molar-refractivity contribution < 1.29 is 14.1 Å². The van der Waals surface area contributed by atoms with E-state index in [1.165, 1.54) is 24.3 Å². The first kappa shape index (κ1) is 24.5. The number of halogens is 1. The summed E-state index contributed by atoms with van der Waals surface area (Å²) in [5.74, 6) is 0.0356. The van der Waals surface area contributed by atoms with Gasteiger partial charge >= 0.3 is 0 Å². The molecule has 1 aliphatic heterocycles. The molecule has 1 amide bonds. The van der Waals surface area contributed by atoms with Crippen LogP contribution in [0.1, 0.15) is 41.3 Å². The summed E-state index contributed by atoms with van der Waals surface area (Å²) in [4.78, 5) is 28.1. The van der Waals surface area contributed by atoms with Crippen LogP contribution >= 0.6 is 0 Å². The Labute approximate surface area is 205 Å². The van der Waals surface area contributed by atoms with Crippen LogP contribution in [0.15, 0.2) is 78.9 Å². The highest BCUT2D eigenvalue weighted by Crippen LogP contribution is 2.35. The van der Waals surface area contributed by atoms with Crippen molar-refractivity contribution in [3.63, 3.8) is 0 Å². The molecule has 6 nitrogen and oxygen atoms in total. The van der Waals surface area contributed by atoms with Gasteiger partial charge in [0.1, 0.15) is 5.82 Å². The number of carbonyl (C=O) groups is 1. The summed E-state index contributed by atoms with van der Waals surface area (Å²) in [6.45, 7) is 6.82. The van der Waals surface area contributed by atoms with Gasteiger partial charge in [-0.3, -0.25) is 19.8 Å². The van der Waals surface area contributed by atoms with Crippen molar-refractivity contribution in [3.05, 3.63) is 111 Å². The molecular weight excluding hydrogens is 445 g/mol. The number of carbonyl (C=O) groups excluding carboxylic acids is 1. The summed E-state index contributed by atoms with van der Waals surface area (Å²) in [6.07, 6.45) is 0. The fourth-order valence-electron chi connectivity index (χ4n) is 4.87. The lowest BCUT2D eigenvalue weighted by Crippen LogP contribution is -2.42. The van der Waals surface area contributed by atoms with Crippen LogP contribution in [-0.4, -0.2) is 46.3 Å². The predicted molar refractivity (Wildman–Crippen MR) is 134 cm³/mol. The number of hydrogen-bond acceptors (Lipinski definition) is 4. The third-order valence-corrected chi connectivity index (χ3v) is 6.70. The van der Waals surface area contributed by atoms with E-state index in [-0.39, 0.29) is 35.3 Å². The number of nitro groups is 1. The molecule has 1 aliphatic rings. The molecule has 2 atom stereocenters. The van der Waals surface area contributed by atoms with Gasteiger partial charge in [0.2, 0.25) is 0 Å². The molecule has 7 heteroatoms. The highest BCUT2D eigenvalue weighted by atomic mass is 19.1. The lowest BCUT2D eigenvalue weighted by atomic mass is 9.88. The third kappa shape index (κ3) is 5.92. The van der Waals surface area contributed by atoms with Crippen LogP contribution in [0, 0.1) is 21.8 Å². The fraction of sp³-hybridized carbons (Fsp3) is 0.321. The first-order valence-electron chi connectivity index (χ1n) is 11.9. The number of benzene rings is 3. The summed E-state index contributed by atoms with van der Waals surface area (Å²) < 4.78 is 13.6. The molecule has 0 N–H and O–H groups in total. The summed E-state index contributed by atoms with van der Waals surface area (Å²) in [5.41, 5.74) is 2.79. The lowest BCUT2D eigenvalue weighted by molar-refractivity contribution is -0.384. The predicted octanol–water partition coefficient (Wildman–Crippen LogP) is 5.50. The molecule has 0 saturated carbocycles. The number of likely N-dealkylation sites (tertiary alicyclic amines) is 1. The zero-order chi connectivity index (χ0) is 24.9. The maximum absolute atomic E-state index is 13.6. The topological polar surface area (TPSA) is 66.7 Å². The number of rotatable bonds is 8. The molecular formula is C28H30FN3O3. The monoisotopic (exact) mass is 475 g/mol. The number of amides is 1. The van der Waals surface area contributed by atoms with Crippen molar-refractivity contribution >= 4 is 11.6 Å². The van der Waals surface area contributed by atoms with Gasteiger partial charge in [-0.05, 0) is 55.2 Å². The average Bonchev–Trinajstić information content (AvgIpc) is 3.25. The molecule has 0 aromatic heterocycles. The van der Waals surface area contributed by atoms with Gasteiger partial charge in [0, 0.05) is 55.8 Å². The van der Waals surface area contributed by atoms with Gasteiger partial charge in [-0.1, -0.05) is 42.5 Å². The zero-order valence-corrected chi connectivity index (χ0v) is 20.0. The van der Waals surface area contributed by atoms with Crippen molar-refractivity contribution in [2.45, 2.75) is 32.4 Å². The Morgan fingerprint density at radius 2 is 1.69 bits per heavy atom. The van der Waals surface area contributed by atoms with Crippen LogP contribution in [0.2, 0.25) is 0 Å². The SMILES string of the molecule is CC(C)N(CC1CN(Cc2ccc([N+](=O)[O-])cc2)CC1c1ccc(F)cc1)C(=O)c1ccccc1. The molecule has 1 fully saturated rings. The Morgan fingerprint density at radius 3 is 2.29 bits per heavy atom. The lowest BCUT2D eigenvalue weighted by Gasteiger charge is -2.32. The minimum absolute atomic E-state index is 0.00674. The highest BCUT2D eigenvalue weighted by Gasteiger charge is 2.36. The minimum atomic E-state index is -0.398. The molecule has 0 radical (unpaired) electrons. The Balaban J connectivity index is 1.56. The first-order chi connectivity index (χ1) is 16.8. The van der Waals surface area contributed by atoms with Gasteiger partial charge in [-0.2, -0.15) is 0 Å². The Kier molecular flexibility index (Phi) is 7.56. The van der Waals surface area contributed by atoms with Crippen LogP contribution in [0.25, 0.3) is 0 Å².